The van der Waals surface area contributed by atoms with Crippen LogP contribution in [0.1, 0.15) is 16.1 Å². The van der Waals surface area contributed by atoms with E-state index in [4.69, 9.17) is 16.7 Å². The van der Waals surface area contributed by atoms with Crippen molar-refractivity contribution in [1.29, 1.82) is 0 Å². The third-order valence-corrected chi connectivity index (χ3v) is 3.38. The minimum atomic E-state index is -1.07. The standard InChI is InChI=1S/C12H9ClN2O2S/c13-9-3-1-8(2-4-9)7-18-11-6-14-10(5-15-11)12(16)17/h1-6H,7H2,(H,16,17). The van der Waals surface area contributed by atoms with E-state index in [1.165, 1.54) is 24.2 Å². The number of benzene rings is 1. The Morgan fingerprint density at radius 3 is 2.50 bits per heavy atom. The van der Waals surface area contributed by atoms with Crippen molar-refractivity contribution in [2.45, 2.75) is 10.8 Å². The zero-order valence-electron chi connectivity index (χ0n) is 9.21. The van der Waals surface area contributed by atoms with Crippen LogP contribution in [0, 0.1) is 0 Å². The Kier molecular flexibility index (Phi) is 4.17. The molecule has 0 radical (unpaired) electrons. The third kappa shape index (κ3) is 3.45. The van der Waals surface area contributed by atoms with Crippen LogP contribution in [0.5, 0.6) is 0 Å². The second kappa shape index (κ2) is 5.84. The predicted octanol–water partition coefficient (Wildman–Crippen LogP) is 3.12. The smallest absolute Gasteiger partial charge is 0.356 e. The number of halogens is 1. The molecule has 0 unspecified atom stereocenters. The zero-order valence-corrected chi connectivity index (χ0v) is 10.8. The minimum absolute atomic E-state index is 0.0501. The van der Waals surface area contributed by atoms with Gasteiger partial charge in [-0.3, -0.25) is 0 Å². The zero-order chi connectivity index (χ0) is 13.0. The lowest BCUT2D eigenvalue weighted by molar-refractivity contribution is 0.0689. The highest BCUT2D eigenvalue weighted by Crippen LogP contribution is 2.21. The van der Waals surface area contributed by atoms with Crippen molar-refractivity contribution in [3.8, 4) is 0 Å². The number of thioether (sulfide) groups is 1. The van der Waals surface area contributed by atoms with Crippen molar-refractivity contribution >= 4 is 29.3 Å². The van der Waals surface area contributed by atoms with Crippen molar-refractivity contribution in [3.05, 3.63) is 52.9 Å². The summed E-state index contributed by atoms with van der Waals surface area (Å²) in [7, 11) is 0. The van der Waals surface area contributed by atoms with Gasteiger partial charge in [0.2, 0.25) is 0 Å². The van der Waals surface area contributed by atoms with Crippen LogP contribution in [-0.2, 0) is 5.75 Å². The van der Waals surface area contributed by atoms with E-state index in [-0.39, 0.29) is 5.69 Å². The summed E-state index contributed by atoms with van der Waals surface area (Å²) in [5.74, 6) is -0.338. The number of rotatable bonds is 4. The second-order valence-corrected chi connectivity index (χ2v) is 4.89. The minimum Gasteiger partial charge on any atom is -0.476 e. The van der Waals surface area contributed by atoms with Crippen LogP contribution in [0.3, 0.4) is 0 Å². The number of hydrogen-bond acceptors (Lipinski definition) is 4. The van der Waals surface area contributed by atoms with E-state index < -0.39 is 5.97 Å². The van der Waals surface area contributed by atoms with Gasteiger partial charge >= 0.3 is 5.97 Å². The Balaban J connectivity index is 1.97. The Morgan fingerprint density at radius 1 is 1.22 bits per heavy atom. The van der Waals surface area contributed by atoms with Crippen molar-refractivity contribution in [3.63, 3.8) is 0 Å². The molecule has 0 aliphatic carbocycles. The summed E-state index contributed by atoms with van der Waals surface area (Å²) in [6.45, 7) is 0. The molecule has 0 aliphatic heterocycles. The normalized spacial score (nSPS) is 10.3. The summed E-state index contributed by atoms with van der Waals surface area (Å²) in [6, 6.07) is 7.54. The number of hydrogen-bond donors (Lipinski definition) is 1. The number of carboxylic acids is 1. The molecule has 2 rings (SSSR count). The molecular weight excluding hydrogens is 272 g/mol. The second-order valence-electron chi connectivity index (χ2n) is 3.46. The molecule has 18 heavy (non-hydrogen) atoms. The van der Waals surface area contributed by atoms with E-state index in [2.05, 4.69) is 9.97 Å². The van der Waals surface area contributed by atoms with Gasteiger partial charge in [0.1, 0.15) is 5.03 Å². The first-order chi connectivity index (χ1) is 8.65. The van der Waals surface area contributed by atoms with E-state index in [0.29, 0.717) is 10.0 Å². The molecule has 0 spiro atoms. The third-order valence-electron chi connectivity index (χ3n) is 2.15. The highest BCUT2D eigenvalue weighted by atomic mass is 35.5. The highest BCUT2D eigenvalue weighted by molar-refractivity contribution is 7.98. The van der Waals surface area contributed by atoms with Gasteiger partial charge < -0.3 is 5.11 Å². The first-order valence-corrected chi connectivity index (χ1v) is 6.44. The molecule has 1 aromatic heterocycles. The number of nitrogens with zero attached hydrogens (tertiary/aromatic N) is 2. The van der Waals surface area contributed by atoms with Crippen LogP contribution < -0.4 is 0 Å². The van der Waals surface area contributed by atoms with E-state index in [1.54, 1.807) is 0 Å². The van der Waals surface area contributed by atoms with Gasteiger partial charge in [0, 0.05) is 10.8 Å². The molecule has 0 saturated carbocycles. The lowest BCUT2D eigenvalue weighted by atomic mass is 10.2. The summed E-state index contributed by atoms with van der Waals surface area (Å²) < 4.78 is 0. The Morgan fingerprint density at radius 2 is 1.94 bits per heavy atom. The molecule has 2 aromatic rings. The number of aromatic nitrogens is 2. The molecule has 1 heterocycles. The largest absolute Gasteiger partial charge is 0.476 e. The first kappa shape index (κ1) is 12.9. The van der Waals surface area contributed by atoms with E-state index in [9.17, 15) is 4.79 Å². The fourth-order valence-corrected chi connectivity index (χ4v) is 2.13. The van der Waals surface area contributed by atoms with Crippen molar-refractivity contribution in [2.24, 2.45) is 0 Å². The Hall–Kier alpha value is -1.59. The maximum Gasteiger partial charge on any atom is 0.356 e. The van der Waals surface area contributed by atoms with Gasteiger partial charge in [0.05, 0.1) is 12.4 Å². The molecule has 4 nitrogen and oxygen atoms in total. The summed E-state index contributed by atoms with van der Waals surface area (Å²) in [5.41, 5.74) is 1.07. The summed E-state index contributed by atoms with van der Waals surface area (Å²) in [5, 5.41) is 10.1. The van der Waals surface area contributed by atoms with Crippen molar-refractivity contribution in [1.82, 2.24) is 9.97 Å². The average molecular weight is 281 g/mol. The molecule has 1 aromatic carbocycles. The van der Waals surface area contributed by atoms with Gasteiger partial charge in [0.25, 0.3) is 0 Å². The average Bonchev–Trinajstić information content (AvgIpc) is 2.38. The summed E-state index contributed by atoms with van der Waals surface area (Å²) >= 11 is 7.28. The Bertz CT molecular complexity index is 543. The van der Waals surface area contributed by atoms with Crippen LogP contribution in [0.25, 0.3) is 0 Å². The lowest BCUT2D eigenvalue weighted by Gasteiger charge is -2.01. The molecular formula is C12H9ClN2O2S. The summed E-state index contributed by atoms with van der Waals surface area (Å²) in [4.78, 5) is 18.4. The summed E-state index contributed by atoms with van der Waals surface area (Å²) in [6.07, 6.45) is 2.72. The topological polar surface area (TPSA) is 63.1 Å². The fourth-order valence-electron chi connectivity index (χ4n) is 1.24. The van der Waals surface area contributed by atoms with Crippen LogP contribution in [0.4, 0.5) is 0 Å². The first-order valence-electron chi connectivity index (χ1n) is 5.08. The van der Waals surface area contributed by atoms with E-state index in [0.717, 1.165) is 11.3 Å². The quantitative estimate of drug-likeness (QED) is 0.872. The molecule has 0 saturated heterocycles. The highest BCUT2D eigenvalue weighted by Gasteiger charge is 2.05. The SMILES string of the molecule is O=C(O)c1cnc(SCc2ccc(Cl)cc2)cn1. The van der Waals surface area contributed by atoms with Crippen LogP contribution in [0.15, 0.2) is 41.7 Å². The Labute approximate surface area is 113 Å². The van der Waals surface area contributed by atoms with Gasteiger partial charge in [-0.2, -0.15) is 0 Å². The maximum atomic E-state index is 10.6. The number of carbonyl (C=O) groups is 1. The van der Waals surface area contributed by atoms with E-state index >= 15 is 0 Å². The molecule has 0 atom stereocenters. The molecule has 0 fully saturated rings. The molecule has 0 aliphatic rings. The maximum absolute atomic E-state index is 10.6. The van der Waals surface area contributed by atoms with Crippen molar-refractivity contribution < 1.29 is 9.90 Å². The molecule has 0 bridgehead atoms. The van der Waals surface area contributed by atoms with Crippen LogP contribution in [-0.4, -0.2) is 21.0 Å². The van der Waals surface area contributed by atoms with Gasteiger partial charge in [-0.05, 0) is 17.7 Å². The van der Waals surface area contributed by atoms with Gasteiger partial charge in [-0.25, -0.2) is 14.8 Å². The van der Waals surface area contributed by atoms with E-state index in [1.807, 2.05) is 24.3 Å². The van der Waals surface area contributed by atoms with Crippen molar-refractivity contribution in [2.75, 3.05) is 0 Å². The molecule has 92 valence electrons. The predicted molar refractivity (Wildman–Crippen MR) is 70.0 cm³/mol. The molecule has 6 heteroatoms. The molecule has 1 N–H and O–H groups in total. The van der Waals surface area contributed by atoms with Gasteiger partial charge in [-0.1, -0.05) is 23.7 Å². The lowest BCUT2D eigenvalue weighted by Crippen LogP contribution is -2.00. The van der Waals surface area contributed by atoms with Crippen LogP contribution in [0.2, 0.25) is 5.02 Å². The molecule has 0 amide bonds. The number of aromatic carboxylic acids is 1. The van der Waals surface area contributed by atoms with Gasteiger partial charge in [0.15, 0.2) is 5.69 Å². The monoisotopic (exact) mass is 280 g/mol. The fraction of sp³-hybridized carbons (Fsp3) is 0.0833. The van der Waals surface area contributed by atoms with Gasteiger partial charge in [-0.15, -0.1) is 11.8 Å². The van der Waals surface area contributed by atoms with Crippen LogP contribution >= 0.6 is 23.4 Å². The number of carboxylic acid groups (broad SMARTS) is 1.